The van der Waals surface area contributed by atoms with E-state index < -0.39 is 35.1 Å². The van der Waals surface area contributed by atoms with Crippen molar-refractivity contribution in [3.63, 3.8) is 0 Å². The monoisotopic (exact) mass is 441 g/mol. The number of benzene rings is 2. The van der Waals surface area contributed by atoms with E-state index in [-0.39, 0.29) is 17.4 Å². The number of nitrogens with one attached hydrogen (secondary N) is 1. The molecule has 3 atom stereocenters. The lowest BCUT2D eigenvalue weighted by molar-refractivity contribution is -0.143. The third-order valence-electron chi connectivity index (χ3n) is 6.16. The van der Waals surface area contributed by atoms with E-state index in [1.54, 1.807) is 0 Å². The van der Waals surface area contributed by atoms with Gasteiger partial charge in [0.2, 0.25) is 0 Å². The lowest BCUT2D eigenvalue weighted by Crippen LogP contribution is -2.54. The number of halogens is 6. The Morgan fingerprint density at radius 3 is 2.10 bits per heavy atom. The number of alkyl halides is 6. The lowest BCUT2D eigenvalue weighted by Gasteiger charge is -2.42. The molecular weight excluding hydrogens is 420 g/mol. The smallest absolute Gasteiger partial charge is 0.416 e. The largest absolute Gasteiger partial charge is 0.488 e. The number of hydrogen-bond acceptors (Lipinski definition) is 2. The van der Waals surface area contributed by atoms with Gasteiger partial charge in [-0.2, -0.15) is 26.3 Å². The molecule has 0 amide bonds. The summed E-state index contributed by atoms with van der Waals surface area (Å²) in [7, 11) is 0. The predicted octanol–water partition coefficient (Wildman–Crippen LogP) is 6.52. The molecule has 2 aromatic carbocycles. The maximum absolute atomic E-state index is 13.2. The molecule has 166 valence electrons. The Morgan fingerprint density at radius 1 is 0.903 bits per heavy atom. The van der Waals surface area contributed by atoms with Gasteiger partial charge in [-0.3, -0.25) is 0 Å². The Balaban J connectivity index is 1.67. The van der Waals surface area contributed by atoms with Gasteiger partial charge < -0.3 is 10.1 Å². The van der Waals surface area contributed by atoms with Crippen LogP contribution in [0.2, 0.25) is 0 Å². The van der Waals surface area contributed by atoms with Crippen molar-refractivity contribution in [1.29, 1.82) is 0 Å². The van der Waals surface area contributed by atoms with Crippen LogP contribution >= 0.6 is 0 Å². The molecule has 2 fully saturated rings. The summed E-state index contributed by atoms with van der Waals surface area (Å²) in [6.45, 7) is 3.69. The molecule has 0 unspecified atom stereocenters. The highest BCUT2D eigenvalue weighted by atomic mass is 19.4. The average molecular weight is 441 g/mol. The summed E-state index contributed by atoms with van der Waals surface area (Å²) in [5.74, 6) is -0.205. The molecule has 2 saturated heterocycles. The van der Waals surface area contributed by atoms with Crippen molar-refractivity contribution in [3.05, 3.63) is 77.4 Å². The molecule has 2 aliphatic heterocycles. The van der Waals surface area contributed by atoms with E-state index in [0.29, 0.717) is 24.6 Å². The van der Waals surface area contributed by atoms with Crippen LogP contribution < -0.4 is 5.32 Å². The molecule has 0 aromatic heterocycles. The van der Waals surface area contributed by atoms with Crippen LogP contribution in [0.5, 0.6) is 0 Å². The van der Waals surface area contributed by atoms with Crippen LogP contribution in [-0.2, 0) is 22.6 Å². The zero-order chi connectivity index (χ0) is 22.4. The first-order valence-electron chi connectivity index (χ1n) is 9.98. The van der Waals surface area contributed by atoms with Gasteiger partial charge in [-0.15, -0.1) is 0 Å². The van der Waals surface area contributed by atoms with Gasteiger partial charge in [0.25, 0.3) is 0 Å². The Bertz CT molecular complexity index is 936. The summed E-state index contributed by atoms with van der Waals surface area (Å²) in [5.41, 5.74) is -2.67. The Morgan fingerprint density at radius 2 is 1.52 bits per heavy atom. The third kappa shape index (κ3) is 4.18. The van der Waals surface area contributed by atoms with Crippen molar-refractivity contribution in [2.75, 3.05) is 0 Å². The van der Waals surface area contributed by atoms with Crippen molar-refractivity contribution in [2.24, 2.45) is 0 Å². The SMILES string of the molecule is C=C(O[C@@H]1CC[C@@H]2CC[C@]1(c1ccccc1)N2)c1cc(C(F)(F)F)cc(C(F)(F)F)c1. The topological polar surface area (TPSA) is 21.3 Å². The molecule has 2 bridgehead atoms. The molecule has 0 saturated carbocycles. The summed E-state index contributed by atoms with van der Waals surface area (Å²) in [4.78, 5) is 0. The summed E-state index contributed by atoms with van der Waals surface area (Å²) >= 11 is 0. The highest BCUT2D eigenvalue weighted by molar-refractivity contribution is 5.60. The van der Waals surface area contributed by atoms with Gasteiger partial charge in [-0.25, -0.2) is 0 Å². The summed E-state index contributed by atoms with van der Waals surface area (Å²) in [6, 6.07) is 11.3. The van der Waals surface area contributed by atoms with Gasteiger partial charge >= 0.3 is 12.4 Å². The van der Waals surface area contributed by atoms with Crippen LogP contribution in [0.1, 0.15) is 47.9 Å². The summed E-state index contributed by atoms with van der Waals surface area (Å²) < 4.78 is 85.3. The van der Waals surface area contributed by atoms with Gasteiger partial charge in [0.05, 0.1) is 16.7 Å². The van der Waals surface area contributed by atoms with E-state index in [9.17, 15) is 26.3 Å². The van der Waals surface area contributed by atoms with Gasteiger partial charge in [0, 0.05) is 11.6 Å². The van der Waals surface area contributed by atoms with Gasteiger partial charge in [-0.1, -0.05) is 36.9 Å². The minimum Gasteiger partial charge on any atom is -0.488 e. The first-order chi connectivity index (χ1) is 14.5. The first kappa shape index (κ1) is 21.7. The molecule has 2 heterocycles. The second-order valence-corrected chi connectivity index (χ2v) is 8.12. The Labute approximate surface area is 175 Å². The Kier molecular flexibility index (Phi) is 5.32. The van der Waals surface area contributed by atoms with Crippen LogP contribution in [0.3, 0.4) is 0 Å². The summed E-state index contributed by atoms with van der Waals surface area (Å²) in [5, 5.41) is 3.57. The molecule has 0 spiro atoms. The number of fused-ring (bicyclic) bond motifs is 2. The molecular formula is C23H21F6NO. The number of hydrogen-bond donors (Lipinski definition) is 1. The fourth-order valence-electron chi connectivity index (χ4n) is 4.64. The molecule has 1 N–H and O–H groups in total. The Hall–Kier alpha value is -2.48. The standard InChI is InChI=1S/C23H21F6NO/c1-14(15-11-17(22(24,25)26)13-18(12-15)23(27,28)29)31-20-8-7-19-9-10-21(20,30-19)16-5-3-2-4-6-16/h2-6,11-13,19-20,30H,1,7-10H2/t19-,20-,21-/m1/s1. The van der Waals surface area contributed by atoms with Crippen LogP contribution in [-0.4, -0.2) is 12.1 Å². The zero-order valence-corrected chi connectivity index (χ0v) is 16.5. The zero-order valence-electron chi connectivity index (χ0n) is 16.5. The fourth-order valence-corrected chi connectivity index (χ4v) is 4.64. The highest BCUT2D eigenvalue weighted by Crippen LogP contribution is 2.46. The molecule has 4 rings (SSSR count). The van der Waals surface area contributed by atoms with Gasteiger partial charge in [-0.05, 0) is 49.4 Å². The van der Waals surface area contributed by atoms with Crippen molar-refractivity contribution in [3.8, 4) is 0 Å². The first-order valence-corrected chi connectivity index (χ1v) is 9.98. The van der Waals surface area contributed by atoms with E-state index in [4.69, 9.17) is 4.74 Å². The second kappa shape index (κ2) is 7.58. The summed E-state index contributed by atoms with van der Waals surface area (Å²) in [6.07, 6.45) is -7.21. The molecule has 2 aliphatic rings. The molecule has 2 aromatic rings. The van der Waals surface area contributed by atoms with E-state index in [1.165, 1.54) is 0 Å². The van der Waals surface area contributed by atoms with Crippen LogP contribution in [0, 0.1) is 0 Å². The fraction of sp³-hybridized carbons (Fsp3) is 0.391. The minimum atomic E-state index is -4.92. The van der Waals surface area contributed by atoms with E-state index in [2.05, 4.69) is 11.9 Å². The maximum atomic E-state index is 13.2. The number of piperidine rings is 1. The van der Waals surface area contributed by atoms with Crippen molar-refractivity contribution in [2.45, 2.75) is 55.7 Å². The highest BCUT2D eigenvalue weighted by Gasteiger charge is 2.51. The molecule has 0 aliphatic carbocycles. The van der Waals surface area contributed by atoms with E-state index in [1.807, 2.05) is 30.3 Å². The number of ether oxygens (including phenoxy) is 1. The quantitative estimate of drug-likeness (QED) is 0.431. The lowest BCUT2D eigenvalue weighted by atomic mass is 9.80. The second-order valence-electron chi connectivity index (χ2n) is 8.12. The van der Waals surface area contributed by atoms with Crippen LogP contribution in [0.15, 0.2) is 55.1 Å². The molecule has 2 nitrogen and oxygen atoms in total. The van der Waals surface area contributed by atoms with Gasteiger partial charge in [0.1, 0.15) is 11.9 Å². The minimum absolute atomic E-state index is 0.103. The van der Waals surface area contributed by atoms with Crippen molar-refractivity contribution in [1.82, 2.24) is 5.32 Å². The average Bonchev–Trinajstić information content (AvgIpc) is 3.08. The van der Waals surface area contributed by atoms with Crippen molar-refractivity contribution < 1.29 is 31.1 Å². The van der Waals surface area contributed by atoms with Gasteiger partial charge in [0.15, 0.2) is 0 Å². The van der Waals surface area contributed by atoms with Crippen LogP contribution in [0.25, 0.3) is 5.76 Å². The maximum Gasteiger partial charge on any atom is 0.416 e. The molecule has 31 heavy (non-hydrogen) atoms. The van der Waals surface area contributed by atoms with E-state index >= 15 is 0 Å². The predicted molar refractivity (Wildman–Crippen MR) is 104 cm³/mol. The normalized spacial score (nSPS) is 26.0. The molecule has 0 radical (unpaired) electrons. The van der Waals surface area contributed by atoms with Crippen molar-refractivity contribution >= 4 is 5.76 Å². The third-order valence-corrected chi connectivity index (χ3v) is 6.16. The van der Waals surface area contributed by atoms with E-state index in [0.717, 1.165) is 24.8 Å². The van der Waals surface area contributed by atoms with Crippen LogP contribution in [0.4, 0.5) is 26.3 Å². The number of rotatable bonds is 4. The molecule has 8 heteroatoms.